The summed E-state index contributed by atoms with van der Waals surface area (Å²) in [6.07, 6.45) is 0. The van der Waals surface area contributed by atoms with E-state index in [-0.39, 0.29) is 16.9 Å². The van der Waals surface area contributed by atoms with E-state index in [1.165, 1.54) is 16.3 Å². The minimum absolute atomic E-state index is 0.131. The fourth-order valence-electron chi connectivity index (χ4n) is 1.90. The van der Waals surface area contributed by atoms with Crippen LogP contribution in [0.4, 0.5) is 0 Å². The molecule has 2 heterocycles. The standard InChI is InChI=1S/C14H12N4O2S/c1-9-2-4-10(5-3-9)11-6-7-13(19)18(17-11)8-12-15-16-14(21)20-12/h2-7H,8H2,1H3,(H,16,21). The van der Waals surface area contributed by atoms with Gasteiger partial charge in [0, 0.05) is 11.6 Å². The zero-order valence-electron chi connectivity index (χ0n) is 11.2. The van der Waals surface area contributed by atoms with Crippen LogP contribution >= 0.6 is 12.2 Å². The summed E-state index contributed by atoms with van der Waals surface area (Å²) in [7, 11) is 0. The highest BCUT2D eigenvalue weighted by atomic mass is 32.1. The largest absolute Gasteiger partial charge is 0.412 e. The molecule has 1 N–H and O–H groups in total. The Morgan fingerprint density at radius 3 is 2.67 bits per heavy atom. The van der Waals surface area contributed by atoms with Crippen LogP contribution in [0.25, 0.3) is 11.3 Å². The highest BCUT2D eigenvalue weighted by molar-refractivity contribution is 7.71. The Morgan fingerprint density at radius 1 is 1.24 bits per heavy atom. The molecule has 106 valence electrons. The molecule has 21 heavy (non-hydrogen) atoms. The molecule has 7 heteroatoms. The third-order valence-electron chi connectivity index (χ3n) is 2.98. The van der Waals surface area contributed by atoms with Gasteiger partial charge in [-0.05, 0) is 25.2 Å². The maximum Gasteiger partial charge on any atom is 0.284 e. The maximum atomic E-state index is 11.9. The highest BCUT2D eigenvalue weighted by Crippen LogP contribution is 2.15. The third-order valence-corrected chi connectivity index (χ3v) is 3.16. The highest BCUT2D eigenvalue weighted by Gasteiger charge is 2.07. The van der Waals surface area contributed by atoms with Crippen LogP contribution in [0.3, 0.4) is 0 Å². The molecule has 0 radical (unpaired) electrons. The SMILES string of the molecule is Cc1ccc(-c2ccc(=O)n(Cc3n[nH]c(=S)o3)n2)cc1. The average Bonchev–Trinajstić information content (AvgIpc) is 2.88. The van der Waals surface area contributed by atoms with Crippen LogP contribution in [0.5, 0.6) is 0 Å². The lowest BCUT2D eigenvalue weighted by Gasteiger charge is -2.05. The number of aryl methyl sites for hydroxylation is 1. The van der Waals surface area contributed by atoms with E-state index in [4.69, 9.17) is 16.6 Å². The van der Waals surface area contributed by atoms with Gasteiger partial charge in [-0.25, -0.2) is 9.78 Å². The number of hydrogen-bond donors (Lipinski definition) is 1. The molecule has 0 aliphatic carbocycles. The van der Waals surface area contributed by atoms with Gasteiger partial charge in [0.25, 0.3) is 10.4 Å². The Hall–Kier alpha value is -2.54. The Morgan fingerprint density at radius 2 is 2.00 bits per heavy atom. The zero-order chi connectivity index (χ0) is 14.8. The van der Waals surface area contributed by atoms with Crippen LogP contribution in [-0.2, 0) is 6.54 Å². The second-order valence-corrected chi connectivity index (χ2v) is 4.96. The summed E-state index contributed by atoms with van der Waals surface area (Å²) in [5.41, 5.74) is 2.59. The second-order valence-electron chi connectivity index (χ2n) is 4.59. The first-order chi connectivity index (χ1) is 10.1. The monoisotopic (exact) mass is 300 g/mol. The molecule has 0 bridgehead atoms. The van der Waals surface area contributed by atoms with Crippen molar-refractivity contribution in [1.29, 1.82) is 0 Å². The van der Waals surface area contributed by atoms with E-state index in [0.29, 0.717) is 11.6 Å². The lowest BCUT2D eigenvalue weighted by molar-refractivity contribution is 0.448. The molecule has 0 saturated heterocycles. The average molecular weight is 300 g/mol. The number of H-pyrrole nitrogens is 1. The number of aromatic amines is 1. The van der Waals surface area contributed by atoms with Crippen molar-refractivity contribution in [3.8, 4) is 11.3 Å². The number of nitrogens with zero attached hydrogens (tertiary/aromatic N) is 3. The van der Waals surface area contributed by atoms with Gasteiger partial charge in [0.1, 0.15) is 6.54 Å². The van der Waals surface area contributed by atoms with E-state index in [0.717, 1.165) is 5.56 Å². The van der Waals surface area contributed by atoms with Gasteiger partial charge >= 0.3 is 0 Å². The van der Waals surface area contributed by atoms with Crippen molar-refractivity contribution in [1.82, 2.24) is 20.0 Å². The maximum absolute atomic E-state index is 11.9. The summed E-state index contributed by atoms with van der Waals surface area (Å²) in [4.78, 5) is 12.0. The molecule has 0 spiro atoms. The third kappa shape index (κ3) is 2.97. The molecule has 3 rings (SSSR count). The number of rotatable bonds is 3. The first kappa shape index (κ1) is 13.4. The van der Waals surface area contributed by atoms with Gasteiger partial charge in [-0.3, -0.25) is 4.79 Å². The summed E-state index contributed by atoms with van der Waals surface area (Å²) in [5, 5.41) is 10.7. The minimum atomic E-state index is -0.227. The Balaban J connectivity index is 1.98. The van der Waals surface area contributed by atoms with Gasteiger partial charge in [0.15, 0.2) is 0 Å². The Kier molecular flexibility index (Phi) is 3.49. The molecule has 0 unspecified atom stereocenters. The van der Waals surface area contributed by atoms with E-state index in [9.17, 15) is 4.79 Å². The molecule has 2 aromatic heterocycles. The normalized spacial score (nSPS) is 10.7. The molecule has 1 aromatic carbocycles. The number of aromatic nitrogens is 4. The van der Waals surface area contributed by atoms with Crippen molar-refractivity contribution in [3.63, 3.8) is 0 Å². The molecular formula is C14H12N4O2S. The fourth-order valence-corrected chi connectivity index (χ4v) is 2.04. The van der Waals surface area contributed by atoms with Crippen molar-refractivity contribution in [2.45, 2.75) is 13.5 Å². The van der Waals surface area contributed by atoms with Crippen molar-refractivity contribution in [2.24, 2.45) is 0 Å². The lowest BCUT2D eigenvalue weighted by atomic mass is 10.1. The van der Waals surface area contributed by atoms with Gasteiger partial charge in [0.05, 0.1) is 5.69 Å². The summed E-state index contributed by atoms with van der Waals surface area (Å²) in [5.74, 6) is 0.315. The van der Waals surface area contributed by atoms with Gasteiger partial charge in [-0.15, -0.1) is 5.10 Å². The van der Waals surface area contributed by atoms with Crippen molar-refractivity contribution >= 4 is 12.2 Å². The minimum Gasteiger partial charge on any atom is -0.412 e. The van der Waals surface area contributed by atoms with E-state index < -0.39 is 0 Å². The first-order valence-corrected chi connectivity index (χ1v) is 6.72. The van der Waals surface area contributed by atoms with Crippen LogP contribution in [0, 0.1) is 11.8 Å². The summed E-state index contributed by atoms with van der Waals surface area (Å²) in [6.45, 7) is 2.15. The van der Waals surface area contributed by atoms with Crippen molar-refractivity contribution in [2.75, 3.05) is 0 Å². The van der Waals surface area contributed by atoms with E-state index >= 15 is 0 Å². The summed E-state index contributed by atoms with van der Waals surface area (Å²) >= 11 is 4.80. The van der Waals surface area contributed by atoms with Crippen LogP contribution in [0.15, 0.2) is 45.6 Å². The molecule has 0 aliphatic heterocycles. The van der Waals surface area contributed by atoms with Crippen LogP contribution in [-0.4, -0.2) is 20.0 Å². The molecule has 3 aromatic rings. The molecule has 0 amide bonds. The molecule has 0 fully saturated rings. The Labute approximate surface area is 125 Å². The van der Waals surface area contributed by atoms with Crippen molar-refractivity contribution < 1.29 is 4.42 Å². The fraction of sp³-hybridized carbons (Fsp3) is 0.143. The first-order valence-electron chi connectivity index (χ1n) is 6.31. The lowest BCUT2D eigenvalue weighted by Crippen LogP contribution is -2.23. The molecule has 0 saturated carbocycles. The molecular weight excluding hydrogens is 288 g/mol. The number of benzene rings is 1. The quantitative estimate of drug-likeness (QED) is 0.751. The van der Waals surface area contributed by atoms with E-state index in [1.54, 1.807) is 6.07 Å². The number of hydrogen-bond acceptors (Lipinski definition) is 5. The van der Waals surface area contributed by atoms with E-state index in [1.807, 2.05) is 31.2 Å². The van der Waals surface area contributed by atoms with E-state index in [2.05, 4.69) is 15.3 Å². The smallest absolute Gasteiger partial charge is 0.284 e. The van der Waals surface area contributed by atoms with Crippen LogP contribution in [0.2, 0.25) is 0 Å². The predicted molar refractivity (Wildman–Crippen MR) is 79.5 cm³/mol. The van der Waals surface area contributed by atoms with Gasteiger partial charge in [-0.1, -0.05) is 29.8 Å². The van der Waals surface area contributed by atoms with Gasteiger partial charge < -0.3 is 4.42 Å². The molecule has 0 aliphatic rings. The Bertz CT molecular complexity index is 877. The topological polar surface area (TPSA) is 76.7 Å². The zero-order valence-corrected chi connectivity index (χ0v) is 12.1. The number of nitrogens with one attached hydrogen (secondary N) is 1. The summed E-state index contributed by atoms with van der Waals surface area (Å²) < 4.78 is 6.45. The molecule has 0 atom stereocenters. The molecule has 6 nitrogen and oxygen atoms in total. The van der Waals surface area contributed by atoms with Crippen molar-refractivity contribution in [3.05, 3.63) is 63.0 Å². The van der Waals surface area contributed by atoms with Crippen LogP contribution < -0.4 is 5.56 Å². The second kappa shape index (κ2) is 5.45. The summed E-state index contributed by atoms with van der Waals surface area (Å²) in [6, 6.07) is 11.1. The van der Waals surface area contributed by atoms with Gasteiger partial charge in [-0.2, -0.15) is 5.10 Å². The predicted octanol–water partition coefficient (Wildman–Crippen LogP) is 2.31. The van der Waals surface area contributed by atoms with Crippen LogP contribution in [0.1, 0.15) is 11.5 Å². The van der Waals surface area contributed by atoms with Gasteiger partial charge in [0.2, 0.25) is 5.89 Å².